The topological polar surface area (TPSA) is 66.6 Å². The largest absolute Gasteiger partial charge is 0.481 e. The van der Waals surface area contributed by atoms with Crippen molar-refractivity contribution < 1.29 is 9.90 Å². The predicted molar refractivity (Wildman–Crippen MR) is 48.0 cm³/mol. The molecule has 0 aromatic carbocycles. The molecule has 0 saturated carbocycles. The van der Waals surface area contributed by atoms with Gasteiger partial charge in [-0.3, -0.25) is 4.79 Å². The Morgan fingerprint density at radius 1 is 1.42 bits per heavy atom. The van der Waals surface area contributed by atoms with Crippen LogP contribution >= 0.6 is 0 Å². The first-order valence-corrected chi connectivity index (χ1v) is 4.27. The summed E-state index contributed by atoms with van der Waals surface area (Å²) in [7, 11) is 1.98. The molecule has 0 heterocycles. The van der Waals surface area contributed by atoms with E-state index in [-0.39, 0.29) is 6.42 Å². The van der Waals surface area contributed by atoms with Crippen molar-refractivity contribution in [3.8, 4) is 0 Å². The number of carboxylic acids is 1. The van der Waals surface area contributed by atoms with Crippen LogP contribution in [0.1, 0.15) is 19.3 Å². The van der Waals surface area contributed by atoms with E-state index in [1.807, 2.05) is 7.05 Å². The lowest BCUT2D eigenvalue weighted by Crippen LogP contribution is -2.23. The minimum Gasteiger partial charge on any atom is -0.481 e. The molecule has 0 aliphatic heterocycles. The highest BCUT2D eigenvalue weighted by molar-refractivity contribution is 5.66. The second-order valence-corrected chi connectivity index (χ2v) is 2.94. The van der Waals surface area contributed by atoms with Crippen LogP contribution in [0.3, 0.4) is 0 Å². The van der Waals surface area contributed by atoms with Crippen molar-refractivity contribution in [2.75, 3.05) is 26.7 Å². The fourth-order valence-electron chi connectivity index (χ4n) is 0.973. The van der Waals surface area contributed by atoms with Gasteiger partial charge in [-0.1, -0.05) is 0 Å². The van der Waals surface area contributed by atoms with E-state index < -0.39 is 5.97 Å². The zero-order chi connectivity index (χ0) is 9.40. The fraction of sp³-hybridized carbons (Fsp3) is 0.875. The smallest absolute Gasteiger partial charge is 0.303 e. The number of rotatable bonds is 7. The summed E-state index contributed by atoms with van der Waals surface area (Å²) in [6, 6.07) is 0. The van der Waals surface area contributed by atoms with E-state index in [9.17, 15) is 4.79 Å². The lowest BCUT2D eigenvalue weighted by atomic mass is 10.3. The molecule has 0 rings (SSSR count). The van der Waals surface area contributed by atoms with Gasteiger partial charge in [0.05, 0.1) is 0 Å². The Kier molecular flexibility index (Phi) is 6.70. The molecule has 0 amide bonds. The van der Waals surface area contributed by atoms with Crippen molar-refractivity contribution in [2.24, 2.45) is 5.73 Å². The van der Waals surface area contributed by atoms with Crippen molar-refractivity contribution in [3.05, 3.63) is 0 Å². The Morgan fingerprint density at radius 3 is 2.50 bits per heavy atom. The minimum atomic E-state index is -0.720. The summed E-state index contributed by atoms with van der Waals surface area (Å²) in [6.45, 7) is 2.49. The maximum Gasteiger partial charge on any atom is 0.303 e. The minimum absolute atomic E-state index is 0.257. The zero-order valence-corrected chi connectivity index (χ0v) is 7.62. The second-order valence-electron chi connectivity index (χ2n) is 2.94. The summed E-state index contributed by atoms with van der Waals surface area (Å²) in [5.74, 6) is -0.720. The van der Waals surface area contributed by atoms with Gasteiger partial charge < -0.3 is 15.7 Å². The number of nitrogens with two attached hydrogens (primary N) is 1. The molecule has 0 spiro atoms. The first-order valence-electron chi connectivity index (χ1n) is 4.27. The van der Waals surface area contributed by atoms with Crippen molar-refractivity contribution in [1.82, 2.24) is 4.90 Å². The average molecular weight is 174 g/mol. The van der Waals surface area contributed by atoms with Crippen LogP contribution in [-0.2, 0) is 4.79 Å². The number of hydrogen-bond donors (Lipinski definition) is 2. The van der Waals surface area contributed by atoms with Gasteiger partial charge in [0, 0.05) is 6.42 Å². The molecule has 0 aliphatic carbocycles. The molecule has 0 aromatic rings. The van der Waals surface area contributed by atoms with E-state index in [0.717, 1.165) is 25.9 Å². The van der Waals surface area contributed by atoms with Crippen LogP contribution in [0.15, 0.2) is 0 Å². The van der Waals surface area contributed by atoms with Crippen LogP contribution < -0.4 is 5.73 Å². The molecular weight excluding hydrogens is 156 g/mol. The molecule has 72 valence electrons. The quantitative estimate of drug-likeness (QED) is 0.576. The van der Waals surface area contributed by atoms with Crippen LogP contribution in [0.25, 0.3) is 0 Å². The van der Waals surface area contributed by atoms with Crippen molar-refractivity contribution >= 4 is 5.97 Å². The van der Waals surface area contributed by atoms with Gasteiger partial charge in [-0.2, -0.15) is 0 Å². The summed E-state index contributed by atoms with van der Waals surface area (Å²) in [6.07, 6.45) is 1.95. The Hall–Kier alpha value is -0.610. The molecule has 3 N–H and O–H groups in total. The van der Waals surface area contributed by atoms with Gasteiger partial charge in [-0.05, 0) is 39.5 Å². The van der Waals surface area contributed by atoms with E-state index in [1.54, 1.807) is 0 Å². The molecule has 0 aromatic heterocycles. The zero-order valence-electron chi connectivity index (χ0n) is 7.62. The Morgan fingerprint density at radius 2 is 2.00 bits per heavy atom. The maximum absolute atomic E-state index is 10.2. The van der Waals surface area contributed by atoms with Crippen LogP contribution in [0.5, 0.6) is 0 Å². The molecule has 0 aliphatic rings. The van der Waals surface area contributed by atoms with E-state index in [4.69, 9.17) is 10.8 Å². The van der Waals surface area contributed by atoms with Crippen LogP contribution in [0.4, 0.5) is 0 Å². The Bertz CT molecular complexity index is 128. The predicted octanol–water partition coefficient (Wildman–Crippen LogP) is 0.132. The van der Waals surface area contributed by atoms with Gasteiger partial charge in [-0.25, -0.2) is 0 Å². The number of hydrogen-bond acceptors (Lipinski definition) is 3. The Labute approximate surface area is 73.3 Å². The molecule has 4 nitrogen and oxygen atoms in total. The van der Waals surface area contributed by atoms with Crippen LogP contribution in [-0.4, -0.2) is 42.7 Å². The summed E-state index contributed by atoms with van der Waals surface area (Å²) in [4.78, 5) is 12.3. The van der Waals surface area contributed by atoms with Gasteiger partial charge in [0.15, 0.2) is 0 Å². The second kappa shape index (κ2) is 7.06. The molecule has 0 bridgehead atoms. The lowest BCUT2D eigenvalue weighted by Gasteiger charge is -2.14. The van der Waals surface area contributed by atoms with Gasteiger partial charge in [0.1, 0.15) is 0 Å². The van der Waals surface area contributed by atoms with Crippen LogP contribution in [0, 0.1) is 0 Å². The summed E-state index contributed by atoms with van der Waals surface area (Å²) in [5, 5.41) is 8.36. The Balaban J connectivity index is 3.19. The summed E-state index contributed by atoms with van der Waals surface area (Å²) in [5.41, 5.74) is 5.33. The average Bonchev–Trinajstić information content (AvgIpc) is 2.00. The SMILES string of the molecule is CN(CCCN)CCCC(=O)O. The highest BCUT2D eigenvalue weighted by Crippen LogP contribution is 1.93. The number of nitrogens with zero attached hydrogens (tertiary/aromatic N) is 1. The third-order valence-corrected chi connectivity index (χ3v) is 1.67. The van der Waals surface area contributed by atoms with Crippen molar-refractivity contribution in [2.45, 2.75) is 19.3 Å². The third-order valence-electron chi connectivity index (χ3n) is 1.67. The summed E-state index contributed by atoms with van der Waals surface area (Å²) >= 11 is 0. The van der Waals surface area contributed by atoms with Gasteiger partial charge in [0.25, 0.3) is 0 Å². The monoisotopic (exact) mass is 174 g/mol. The number of carbonyl (C=O) groups is 1. The highest BCUT2D eigenvalue weighted by Gasteiger charge is 1.99. The maximum atomic E-state index is 10.2. The van der Waals surface area contributed by atoms with E-state index in [0.29, 0.717) is 6.54 Å². The molecule has 4 heteroatoms. The molecule has 12 heavy (non-hydrogen) atoms. The molecule has 0 fully saturated rings. The molecule has 0 atom stereocenters. The van der Waals surface area contributed by atoms with E-state index in [2.05, 4.69) is 4.90 Å². The van der Waals surface area contributed by atoms with Crippen molar-refractivity contribution in [3.63, 3.8) is 0 Å². The highest BCUT2D eigenvalue weighted by atomic mass is 16.4. The van der Waals surface area contributed by atoms with Crippen LogP contribution in [0.2, 0.25) is 0 Å². The standard InChI is InChI=1S/C8H18N2O2/c1-10(7-3-5-9)6-2-4-8(11)12/h2-7,9H2,1H3,(H,11,12). The number of carboxylic acid groups (broad SMARTS) is 1. The van der Waals surface area contributed by atoms with E-state index >= 15 is 0 Å². The first kappa shape index (κ1) is 11.4. The van der Waals surface area contributed by atoms with Gasteiger partial charge in [0.2, 0.25) is 0 Å². The van der Waals surface area contributed by atoms with Gasteiger partial charge in [-0.15, -0.1) is 0 Å². The first-order chi connectivity index (χ1) is 5.66. The molecule has 0 saturated heterocycles. The lowest BCUT2D eigenvalue weighted by molar-refractivity contribution is -0.137. The molecule has 0 unspecified atom stereocenters. The third kappa shape index (κ3) is 7.50. The molecular formula is C8H18N2O2. The van der Waals surface area contributed by atoms with Gasteiger partial charge >= 0.3 is 5.97 Å². The van der Waals surface area contributed by atoms with Crippen molar-refractivity contribution in [1.29, 1.82) is 0 Å². The normalized spacial score (nSPS) is 10.6. The molecule has 0 radical (unpaired) electrons. The fourth-order valence-corrected chi connectivity index (χ4v) is 0.973. The number of aliphatic carboxylic acids is 1. The van der Waals surface area contributed by atoms with E-state index in [1.165, 1.54) is 0 Å². The summed E-state index contributed by atoms with van der Waals surface area (Å²) < 4.78 is 0.